The van der Waals surface area contributed by atoms with Gasteiger partial charge in [-0.2, -0.15) is 0 Å². The van der Waals surface area contributed by atoms with E-state index < -0.39 is 11.9 Å². The zero-order valence-corrected chi connectivity index (χ0v) is 13.9. The summed E-state index contributed by atoms with van der Waals surface area (Å²) in [5.74, 6) is -1.69. The van der Waals surface area contributed by atoms with Crippen molar-refractivity contribution in [3.05, 3.63) is 47.8 Å². The average Bonchev–Trinajstić information content (AvgIpc) is 2.40. The number of nitrogens with one attached hydrogen (secondary N) is 2. The zero-order chi connectivity index (χ0) is 15.1. The van der Waals surface area contributed by atoms with Gasteiger partial charge in [-0.15, -0.1) is 0 Å². The number of aromatic carboxylic acids is 2. The van der Waals surface area contributed by atoms with Crippen LogP contribution in [0.5, 0.6) is 0 Å². The van der Waals surface area contributed by atoms with E-state index in [1.807, 2.05) is 0 Å². The molecule has 0 atom stereocenters. The van der Waals surface area contributed by atoms with Crippen molar-refractivity contribution in [3.63, 3.8) is 0 Å². The SMILES string of the molecule is C.Nc1[nH+]cccc1C(=O)O.Nc1[nH+]cccc1C(=O)O.[Ag].[Ag]. The van der Waals surface area contributed by atoms with Gasteiger partial charge in [-0.3, -0.25) is 11.5 Å². The molecule has 0 aliphatic carbocycles. The molecule has 2 radical (unpaired) electrons. The molecule has 2 aromatic rings. The Morgan fingerprint density at radius 1 is 0.826 bits per heavy atom. The molecule has 0 amide bonds. The van der Waals surface area contributed by atoms with Gasteiger partial charge in [0.15, 0.2) is 0 Å². The van der Waals surface area contributed by atoms with Gasteiger partial charge in [-0.05, 0) is 24.3 Å². The van der Waals surface area contributed by atoms with E-state index in [4.69, 9.17) is 21.7 Å². The van der Waals surface area contributed by atoms with E-state index >= 15 is 0 Å². The Labute approximate surface area is 164 Å². The first kappa shape index (κ1) is 26.2. The number of carboxylic acid groups (broad SMARTS) is 2. The number of rotatable bonds is 2. The molecule has 0 spiro atoms. The summed E-state index contributed by atoms with van der Waals surface area (Å²) in [5.41, 5.74) is 10.8. The van der Waals surface area contributed by atoms with E-state index in [0.29, 0.717) is 0 Å². The number of nitrogens with two attached hydrogens (primary N) is 2. The number of anilines is 2. The van der Waals surface area contributed by atoms with Crippen LogP contribution in [0.3, 0.4) is 0 Å². The van der Waals surface area contributed by atoms with Gasteiger partial charge in [0.05, 0.1) is 12.4 Å². The first-order chi connectivity index (χ1) is 9.43. The second-order valence-electron chi connectivity index (χ2n) is 3.61. The molecule has 0 saturated heterocycles. The third-order valence-corrected chi connectivity index (χ3v) is 2.24. The zero-order valence-electron chi connectivity index (χ0n) is 10.9. The molecule has 0 aliphatic rings. The van der Waals surface area contributed by atoms with Crippen LogP contribution in [-0.4, -0.2) is 22.2 Å². The van der Waals surface area contributed by atoms with E-state index in [1.165, 1.54) is 12.1 Å². The Morgan fingerprint density at radius 3 is 1.30 bits per heavy atom. The van der Waals surface area contributed by atoms with Gasteiger partial charge >= 0.3 is 11.9 Å². The molecule has 8 nitrogen and oxygen atoms in total. The Bertz CT molecular complexity index is 585. The van der Waals surface area contributed by atoms with E-state index in [1.54, 1.807) is 24.5 Å². The first-order valence-corrected chi connectivity index (χ1v) is 5.42. The summed E-state index contributed by atoms with van der Waals surface area (Å²) in [6.45, 7) is 0. The van der Waals surface area contributed by atoms with Gasteiger partial charge in [0.2, 0.25) is 0 Å². The van der Waals surface area contributed by atoms with Crippen LogP contribution in [0.2, 0.25) is 0 Å². The summed E-state index contributed by atoms with van der Waals surface area (Å²) in [6, 6.07) is 6.04. The molecule has 2 rings (SSSR count). The van der Waals surface area contributed by atoms with Crippen molar-refractivity contribution in [2.75, 3.05) is 11.5 Å². The van der Waals surface area contributed by atoms with Crippen molar-refractivity contribution in [2.45, 2.75) is 7.43 Å². The maximum Gasteiger partial charge on any atom is 0.344 e. The second kappa shape index (κ2) is 12.8. The molecule has 134 valence electrons. The molecule has 2 aromatic heterocycles. The molecule has 2 heterocycles. The summed E-state index contributed by atoms with van der Waals surface area (Å²) < 4.78 is 0. The van der Waals surface area contributed by atoms with Crippen LogP contribution < -0.4 is 21.4 Å². The number of carboxylic acids is 2. The molecular formula is C13H18Ag2N4O4+2. The third kappa shape index (κ3) is 8.50. The van der Waals surface area contributed by atoms with Crippen LogP contribution in [0.15, 0.2) is 36.7 Å². The van der Waals surface area contributed by atoms with Crippen LogP contribution >= 0.6 is 0 Å². The summed E-state index contributed by atoms with van der Waals surface area (Å²) in [7, 11) is 0. The predicted octanol–water partition coefficient (Wildman–Crippen LogP) is 0.193. The van der Waals surface area contributed by atoms with Gasteiger partial charge in [0.25, 0.3) is 11.6 Å². The summed E-state index contributed by atoms with van der Waals surface area (Å²) >= 11 is 0. The fourth-order valence-corrected chi connectivity index (χ4v) is 1.27. The summed E-state index contributed by atoms with van der Waals surface area (Å²) in [4.78, 5) is 25.8. The molecule has 8 N–H and O–H groups in total. The van der Waals surface area contributed by atoms with Crippen molar-refractivity contribution in [3.8, 4) is 0 Å². The number of carbonyl (C=O) groups is 2. The quantitative estimate of drug-likeness (QED) is 0.424. The maximum absolute atomic E-state index is 10.3. The van der Waals surface area contributed by atoms with E-state index in [2.05, 4.69) is 9.97 Å². The first-order valence-electron chi connectivity index (χ1n) is 5.42. The second-order valence-corrected chi connectivity index (χ2v) is 3.61. The van der Waals surface area contributed by atoms with Crippen molar-refractivity contribution in [1.29, 1.82) is 0 Å². The van der Waals surface area contributed by atoms with Crippen molar-refractivity contribution >= 4 is 23.6 Å². The molecule has 0 bridgehead atoms. The van der Waals surface area contributed by atoms with E-state index in [9.17, 15) is 9.59 Å². The number of hydrogen-bond acceptors (Lipinski definition) is 4. The van der Waals surface area contributed by atoms with Crippen molar-refractivity contribution < 1.29 is 74.5 Å². The molecule has 10 heteroatoms. The minimum atomic E-state index is -1.02. The third-order valence-electron chi connectivity index (χ3n) is 2.24. The molecule has 0 unspecified atom stereocenters. The van der Waals surface area contributed by atoms with Crippen LogP contribution in [0.4, 0.5) is 11.6 Å². The minimum Gasteiger partial charge on any atom is -0.477 e. The Morgan fingerprint density at radius 2 is 1.13 bits per heavy atom. The molecule has 23 heavy (non-hydrogen) atoms. The van der Waals surface area contributed by atoms with Gasteiger partial charge in [-0.25, -0.2) is 19.6 Å². The monoisotopic (exact) mass is 508 g/mol. The fraction of sp³-hybridized carbons (Fsp3) is 0.0769. The van der Waals surface area contributed by atoms with Crippen molar-refractivity contribution in [2.24, 2.45) is 0 Å². The molecule has 0 aliphatic heterocycles. The minimum absolute atomic E-state index is 0. The number of H-pyrrole nitrogens is 2. The van der Waals surface area contributed by atoms with Crippen LogP contribution in [0, 0.1) is 0 Å². The Balaban J connectivity index is -0.000000308. The number of hydrogen-bond donors (Lipinski definition) is 4. The van der Waals surface area contributed by atoms with E-state index in [0.717, 1.165) is 0 Å². The molecular weight excluding hydrogens is 492 g/mol. The molecule has 0 saturated carbocycles. The number of aromatic nitrogens is 2. The average molecular weight is 510 g/mol. The van der Waals surface area contributed by atoms with Crippen LogP contribution in [0.25, 0.3) is 0 Å². The smallest absolute Gasteiger partial charge is 0.344 e. The fourth-order valence-electron chi connectivity index (χ4n) is 1.27. The van der Waals surface area contributed by atoms with Gasteiger partial charge in [0.1, 0.15) is 11.1 Å². The predicted molar refractivity (Wildman–Crippen MR) is 75.5 cm³/mol. The Kier molecular flexibility index (Phi) is 14.6. The maximum atomic E-state index is 10.3. The van der Waals surface area contributed by atoms with Gasteiger partial charge in [-0.1, -0.05) is 7.43 Å². The van der Waals surface area contributed by atoms with E-state index in [-0.39, 0.29) is 74.9 Å². The van der Waals surface area contributed by atoms with Crippen LogP contribution in [-0.2, 0) is 44.8 Å². The number of pyridine rings is 2. The Hall–Kier alpha value is -1.68. The number of nitrogen functional groups attached to an aromatic ring is 2. The van der Waals surface area contributed by atoms with Gasteiger partial charge < -0.3 is 10.2 Å². The molecule has 0 aromatic carbocycles. The summed E-state index contributed by atoms with van der Waals surface area (Å²) in [5, 5.41) is 16.9. The topological polar surface area (TPSA) is 155 Å². The van der Waals surface area contributed by atoms with Crippen molar-refractivity contribution in [1.82, 2.24) is 0 Å². The van der Waals surface area contributed by atoms with Crippen LogP contribution in [0.1, 0.15) is 28.1 Å². The molecule has 0 fully saturated rings. The largest absolute Gasteiger partial charge is 0.477 e. The standard InChI is InChI=1S/2C6H6N2O2.CH4.2Ag/c2*7-5-4(6(9)10)2-1-3-8-5;;;/h2*1-3H,(H2,7,8)(H,9,10);1H4;;/p+2. The van der Waals surface area contributed by atoms with Gasteiger partial charge in [0, 0.05) is 44.8 Å². The number of aromatic amines is 2. The summed E-state index contributed by atoms with van der Waals surface area (Å²) in [6.07, 6.45) is 3.14. The normalized spacial score (nSPS) is 8.00.